The van der Waals surface area contributed by atoms with Gasteiger partial charge in [0.25, 0.3) is 0 Å². The Bertz CT molecular complexity index is 149. The summed E-state index contributed by atoms with van der Waals surface area (Å²) in [4.78, 5) is 0. The van der Waals surface area contributed by atoms with Gasteiger partial charge in [-0.1, -0.05) is 52.5 Å². The maximum atomic E-state index is 3.30. The summed E-state index contributed by atoms with van der Waals surface area (Å²) >= 11 is 0. The molecule has 0 spiro atoms. The largest absolute Gasteiger partial charge is 0.391 e. The van der Waals surface area contributed by atoms with Gasteiger partial charge in [-0.15, -0.1) is 0 Å². The first-order valence-corrected chi connectivity index (χ1v) is 6.14. The highest BCUT2D eigenvalue weighted by molar-refractivity contribution is 5.02. The normalized spacial score (nSPS) is 14.1. The van der Waals surface area contributed by atoms with Gasteiger partial charge >= 0.3 is 0 Å². The molecule has 1 atom stereocenters. The van der Waals surface area contributed by atoms with Gasteiger partial charge in [0, 0.05) is 12.7 Å². The molecular formula is C13H27N. The molecule has 0 aliphatic carbocycles. The molecule has 84 valence electrons. The summed E-state index contributed by atoms with van der Waals surface area (Å²) in [6.45, 7) is 6.78. The Morgan fingerprint density at radius 1 is 1.21 bits per heavy atom. The summed E-state index contributed by atoms with van der Waals surface area (Å²) in [7, 11) is 2.03. The van der Waals surface area contributed by atoms with Gasteiger partial charge in [0.1, 0.15) is 0 Å². The van der Waals surface area contributed by atoms with Crippen LogP contribution in [0, 0.1) is 5.92 Å². The molecule has 1 N–H and O–H groups in total. The van der Waals surface area contributed by atoms with Crippen LogP contribution in [0.5, 0.6) is 0 Å². The molecule has 1 nitrogen and oxygen atoms in total. The predicted molar refractivity (Wildman–Crippen MR) is 65.4 cm³/mol. The minimum atomic E-state index is 0.705. The summed E-state index contributed by atoms with van der Waals surface area (Å²) in [6.07, 6.45) is 10.3. The number of unbranched alkanes of at least 4 members (excludes halogenated alkanes) is 3. The van der Waals surface area contributed by atoms with Crippen molar-refractivity contribution in [1.82, 2.24) is 5.32 Å². The molecule has 0 aromatic rings. The van der Waals surface area contributed by atoms with Crippen LogP contribution in [0.2, 0.25) is 0 Å². The zero-order valence-electron chi connectivity index (χ0n) is 10.4. The standard InChI is InChI=1S/C13H27N/c1-5-7-8-9-11-12(3)13(14-4)10-6-2/h10,12,14H,5-9,11H2,1-4H3/b13-10+/t12-/m1/s1. The predicted octanol–water partition coefficient (Wildman–Crippen LogP) is 4.11. The molecule has 0 radical (unpaired) electrons. The van der Waals surface area contributed by atoms with Crippen molar-refractivity contribution < 1.29 is 0 Å². The Morgan fingerprint density at radius 2 is 1.93 bits per heavy atom. The van der Waals surface area contributed by atoms with E-state index in [4.69, 9.17) is 0 Å². The SMILES string of the molecule is CC/C=C(/NC)[C@H](C)CCCCCC. The van der Waals surface area contributed by atoms with Gasteiger partial charge in [0.2, 0.25) is 0 Å². The van der Waals surface area contributed by atoms with Crippen molar-refractivity contribution in [2.24, 2.45) is 5.92 Å². The van der Waals surface area contributed by atoms with Crippen molar-refractivity contribution in [1.29, 1.82) is 0 Å². The molecule has 0 aromatic carbocycles. The minimum absolute atomic E-state index is 0.705. The highest BCUT2D eigenvalue weighted by Crippen LogP contribution is 2.16. The maximum Gasteiger partial charge on any atom is 0.00921 e. The number of hydrogen-bond donors (Lipinski definition) is 1. The van der Waals surface area contributed by atoms with Crippen LogP contribution < -0.4 is 5.32 Å². The van der Waals surface area contributed by atoms with E-state index in [1.54, 1.807) is 0 Å². The first-order chi connectivity index (χ1) is 6.76. The van der Waals surface area contributed by atoms with Crippen molar-refractivity contribution >= 4 is 0 Å². The third-order valence-electron chi connectivity index (χ3n) is 2.73. The second kappa shape index (κ2) is 9.11. The van der Waals surface area contributed by atoms with Gasteiger partial charge in [-0.25, -0.2) is 0 Å². The molecular weight excluding hydrogens is 170 g/mol. The van der Waals surface area contributed by atoms with Crippen LogP contribution in [0.3, 0.4) is 0 Å². The molecule has 0 saturated heterocycles. The Balaban J connectivity index is 3.69. The molecule has 0 saturated carbocycles. The number of rotatable bonds is 8. The molecule has 0 rings (SSSR count). The first kappa shape index (κ1) is 13.5. The maximum absolute atomic E-state index is 3.30. The van der Waals surface area contributed by atoms with Crippen LogP contribution in [0.25, 0.3) is 0 Å². The fourth-order valence-electron chi connectivity index (χ4n) is 1.80. The molecule has 0 fully saturated rings. The average Bonchev–Trinajstić information content (AvgIpc) is 2.20. The van der Waals surface area contributed by atoms with Gasteiger partial charge in [-0.3, -0.25) is 0 Å². The quantitative estimate of drug-likeness (QED) is 0.577. The van der Waals surface area contributed by atoms with E-state index in [1.165, 1.54) is 37.8 Å². The summed E-state index contributed by atoms with van der Waals surface area (Å²) in [5, 5.41) is 3.30. The smallest absolute Gasteiger partial charge is 0.00921 e. The van der Waals surface area contributed by atoms with E-state index in [0.717, 1.165) is 6.42 Å². The van der Waals surface area contributed by atoms with E-state index < -0.39 is 0 Å². The van der Waals surface area contributed by atoms with Gasteiger partial charge in [-0.2, -0.15) is 0 Å². The van der Waals surface area contributed by atoms with Crippen LogP contribution in [0.1, 0.15) is 59.3 Å². The Labute approximate surface area is 90.0 Å². The van der Waals surface area contributed by atoms with Gasteiger partial charge in [-0.05, 0) is 18.8 Å². The van der Waals surface area contributed by atoms with Gasteiger partial charge in [0.05, 0.1) is 0 Å². The molecule has 0 bridgehead atoms. The fraction of sp³-hybridized carbons (Fsp3) is 0.846. The highest BCUT2D eigenvalue weighted by atomic mass is 14.8. The topological polar surface area (TPSA) is 12.0 Å². The van der Waals surface area contributed by atoms with Crippen LogP contribution in [-0.4, -0.2) is 7.05 Å². The van der Waals surface area contributed by atoms with Gasteiger partial charge in [0.15, 0.2) is 0 Å². The van der Waals surface area contributed by atoms with E-state index in [9.17, 15) is 0 Å². The van der Waals surface area contributed by atoms with Gasteiger partial charge < -0.3 is 5.32 Å². The molecule has 0 heterocycles. The molecule has 0 unspecified atom stereocenters. The van der Waals surface area contributed by atoms with E-state index in [1.807, 2.05) is 7.05 Å². The second-order valence-corrected chi connectivity index (χ2v) is 4.07. The molecule has 14 heavy (non-hydrogen) atoms. The summed E-state index contributed by atoms with van der Waals surface area (Å²) in [5.41, 5.74) is 1.42. The monoisotopic (exact) mass is 197 g/mol. The molecule has 0 amide bonds. The lowest BCUT2D eigenvalue weighted by atomic mass is 9.98. The molecule has 0 aliphatic heterocycles. The Hall–Kier alpha value is -0.460. The van der Waals surface area contributed by atoms with E-state index in [2.05, 4.69) is 32.2 Å². The van der Waals surface area contributed by atoms with Crippen LogP contribution in [0.15, 0.2) is 11.8 Å². The molecule has 0 aliphatic rings. The minimum Gasteiger partial charge on any atom is -0.391 e. The van der Waals surface area contributed by atoms with Crippen LogP contribution in [0.4, 0.5) is 0 Å². The highest BCUT2D eigenvalue weighted by Gasteiger charge is 2.05. The summed E-state index contributed by atoms with van der Waals surface area (Å²) in [5.74, 6) is 0.705. The lowest BCUT2D eigenvalue weighted by Gasteiger charge is -2.15. The Morgan fingerprint density at radius 3 is 2.43 bits per heavy atom. The average molecular weight is 197 g/mol. The third-order valence-corrected chi connectivity index (χ3v) is 2.73. The Kier molecular flexibility index (Phi) is 8.81. The third kappa shape index (κ3) is 6.06. The number of hydrogen-bond acceptors (Lipinski definition) is 1. The zero-order chi connectivity index (χ0) is 10.8. The lowest BCUT2D eigenvalue weighted by molar-refractivity contribution is 0.522. The molecule has 1 heteroatoms. The number of allylic oxidation sites excluding steroid dienone is 2. The van der Waals surface area contributed by atoms with Crippen molar-refractivity contribution in [2.45, 2.75) is 59.3 Å². The van der Waals surface area contributed by atoms with Crippen LogP contribution >= 0.6 is 0 Å². The van der Waals surface area contributed by atoms with Crippen LogP contribution in [-0.2, 0) is 0 Å². The van der Waals surface area contributed by atoms with Crippen molar-refractivity contribution in [3.63, 3.8) is 0 Å². The zero-order valence-corrected chi connectivity index (χ0v) is 10.4. The van der Waals surface area contributed by atoms with E-state index in [0.29, 0.717) is 5.92 Å². The van der Waals surface area contributed by atoms with Crippen molar-refractivity contribution in [2.75, 3.05) is 7.05 Å². The fourth-order valence-corrected chi connectivity index (χ4v) is 1.80. The first-order valence-electron chi connectivity index (χ1n) is 6.14. The van der Waals surface area contributed by atoms with Crippen molar-refractivity contribution in [3.8, 4) is 0 Å². The lowest BCUT2D eigenvalue weighted by Crippen LogP contribution is -2.13. The second-order valence-electron chi connectivity index (χ2n) is 4.07. The summed E-state index contributed by atoms with van der Waals surface area (Å²) in [6, 6.07) is 0. The summed E-state index contributed by atoms with van der Waals surface area (Å²) < 4.78 is 0. The number of nitrogens with one attached hydrogen (secondary N) is 1. The van der Waals surface area contributed by atoms with E-state index >= 15 is 0 Å². The molecule has 0 aromatic heterocycles. The van der Waals surface area contributed by atoms with Crippen molar-refractivity contribution in [3.05, 3.63) is 11.8 Å². The van der Waals surface area contributed by atoms with E-state index in [-0.39, 0.29) is 0 Å².